The molecule has 0 saturated carbocycles. The van der Waals surface area contributed by atoms with E-state index in [0.717, 1.165) is 11.2 Å². The predicted octanol–water partition coefficient (Wildman–Crippen LogP) is 5.12. The number of thiophene rings is 1. The number of para-hydroxylation sites is 1. The van der Waals surface area contributed by atoms with Crippen LogP contribution in [0.1, 0.15) is 0 Å². The van der Waals surface area contributed by atoms with Gasteiger partial charge in [0.25, 0.3) is 0 Å². The summed E-state index contributed by atoms with van der Waals surface area (Å²) in [6, 6.07) is 20.9. The molecular formula is C17H11NS. The van der Waals surface area contributed by atoms with Crippen LogP contribution in [-0.2, 0) is 0 Å². The summed E-state index contributed by atoms with van der Waals surface area (Å²) < 4.78 is 1.27. The van der Waals surface area contributed by atoms with Gasteiger partial charge in [-0.15, -0.1) is 11.3 Å². The third-order valence-electron chi connectivity index (χ3n) is 3.35. The second-order valence-electron chi connectivity index (χ2n) is 4.51. The van der Waals surface area contributed by atoms with Crippen molar-refractivity contribution in [3.63, 3.8) is 0 Å². The maximum atomic E-state index is 4.86. The van der Waals surface area contributed by atoms with Crippen molar-refractivity contribution >= 4 is 32.3 Å². The Morgan fingerprint density at radius 3 is 2.42 bits per heavy atom. The monoisotopic (exact) mass is 261 g/mol. The Balaban J connectivity index is 2.17. The zero-order valence-electron chi connectivity index (χ0n) is 10.2. The minimum absolute atomic E-state index is 1.06. The third kappa shape index (κ3) is 1.65. The van der Waals surface area contributed by atoms with Gasteiger partial charge in [-0.2, -0.15) is 0 Å². The number of pyridine rings is 1. The van der Waals surface area contributed by atoms with E-state index in [2.05, 4.69) is 53.9 Å². The summed E-state index contributed by atoms with van der Waals surface area (Å²) in [6.07, 6.45) is 0. The molecule has 2 aromatic heterocycles. The average molecular weight is 261 g/mol. The highest BCUT2D eigenvalue weighted by Crippen LogP contribution is 2.35. The predicted molar refractivity (Wildman–Crippen MR) is 82.6 cm³/mol. The topological polar surface area (TPSA) is 12.9 Å². The van der Waals surface area contributed by atoms with E-state index in [0.29, 0.717) is 0 Å². The van der Waals surface area contributed by atoms with Crippen molar-refractivity contribution in [2.45, 2.75) is 0 Å². The number of nitrogens with zero attached hydrogens (tertiary/aromatic N) is 1. The lowest BCUT2D eigenvalue weighted by Crippen LogP contribution is -1.86. The number of hydrogen-bond donors (Lipinski definition) is 0. The van der Waals surface area contributed by atoms with E-state index in [-0.39, 0.29) is 0 Å². The molecule has 0 aliphatic rings. The van der Waals surface area contributed by atoms with Gasteiger partial charge in [0.05, 0.1) is 15.9 Å². The van der Waals surface area contributed by atoms with Gasteiger partial charge in [-0.1, -0.05) is 48.5 Å². The first-order chi connectivity index (χ1) is 9.43. The van der Waals surface area contributed by atoms with Gasteiger partial charge in [0.15, 0.2) is 0 Å². The maximum absolute atomic E-state index is 4.86. The first-order valence-electron chi connectivity index (χ1n) is 6.25. The van der Waals surface area contributed by atoms with Gasteiger partial charge in [0.1, 0.15) is 0 Å². The van der Waals surface area contributed by atoms with Crippen molar-refractivity contribution < 1.29 is 0 Å². The molecule has 0 spiro atoms. The Morgan fingerprint density at radius 2 is 1.53 bits per heavy atom. The molecule has 0 aliphatic carbocycles. The highest BCUT2D eigenvalue weighted by molar-refractivity contribution is 7.17. The van der Waals surface area contributed by atoms with Crippen LogP contribution < -0.4 is 0 Å². The summed E-state index contributed by atoms with van der Waals surface area (Å²) in [6.45, 7) is 0. The molecule has 2 aromatic carbocycles. The summed E-state index contributed by atoms with van der Waals surface area (Å²) in [7, 11) is 0. The molecule has 0 saturated heterocycles. The van der Waals surface area contributed by atoms with Crippen LogP contribution in [0.2, 0.25) is 0 Å². The second-order valence-corrected chi connectivity index (χ2v) is 5.42. The minimum Gasteiger partial charge on any atom is -0.246 e. The van der Waals surface area contributed by atoms with Crippen molar-refractivity contribution in [3.05, 3.63) is 66.0 Å². The van der Waals surface area contributed by atoms with Crippen LogP contribution in [0.4, 0.5) is 0 Å². The van der Waals surface area contributed by atoms with Crippen molar-refractivity contribution in [1.29, 1.82) is 0 Å². The Labute approximate surface area is 115 Å². The molecule has 0 amide bonds. The molecule has 2 heterocycles. The second kappa shape index (κ2) is 4.18. The van der Waals surface area contributed by atoms with Gasteiger partial charge in [-0.3, -0.25) is 0 Å². The van der Waals surface area contributed by atoms with E-state index in [1.807, 2.05) is 12.1 Å². The number of aromatic nitrogens is 1. The van der Waals surface area contributed by atoms with Crippen molar-refractivity contribution in [2.24, 2.45) is 0 Å². The molecule has 19 heavy (non-hydrogen) atoms. The summed E-state index contributed by atoms with van der Waals surface area (Å²) in [5.74, 6) is 0. The average Bonchev–Trinajstić information content (AvgIpc) is 2.97. The highest BCUT2D eigenvalue weighted by Gasteiger charge is 2.10. The van der Waals surface area contributed by atoms with E-state index in [4.69, 9.17) is 4.98 Å². The van der Waals surface area contributed by atoms with Gasteiger partial charge >= 0.3 is 0 Å². The van der Waals surface area contributed by atoms with Crippen molar-refractivity contribution in [2.75, 3.05) is 0 Å². The van der Waals surface area contributed by atoms with Crippen LogP contribution in [0.3, 0.4) is 0 Å². The van der Waals surface area contributed by atoms with E-state index >= 15 is 0 Å². The fourth-order valence-corrected chi connectivity index (χ4v) is 3.39. The van der Waals surface area contributed by atoms with Gasteiger partial charge in [-0.05, 0) is 17.5 Å². The third-order valence-corrected chi connectivity index (χ3v) is 4.28. The standard InChI is InChI=1S/C17H11NS/c1-2-6-12(7-3-1)16-17-14(10-11-19-17)13-8-4-5-9-15(13)18-16/h1-11H. The van der Waals surface area contributed by atoms with E-state index < -0.39 is 0 Å². The smallest absolute Gasteiger partial charge is 0.0887 e. The van der Waals surface area contributed by atoms with Crippen LogP contribution in [-0.4, -0.2) is 4.98 Å². The summed E-state index contributed by atoms with van der Waals surface area (Å²) in [5, 5.41) is 4.68. The Morgan fingerprint density at radius 1 is 0.737 bits per heavy atom. The van der Waals surface area contributed by atoms with Gasteiger partial charge in [-0.25, -0.2) is 4.98 Å². The molecule has 2 heteroatoms. The van der Waals surface area contributed by atoms with Gasteiger partial charge in [0.2, 0.25) is 0 Å². The van der Waals surface area contributed by atoms with Gasteiger partial charge in [0, 0.05) is 16.3 Å². The molecule has 4 aromatic rings. The molecule has 0 bridgehead atoms. The summed E-state index contributed by atoms with van der Waals surface area (Å²) in [4.78, 5) is 4.86. The first kappa shape index (κ1) is 10.7. The largest absolute Gasteiger partial charge is 0.246 e. The number of benzene rings is 2. The molecule has 0 atom stereocenters. The van der Waals surface area contributed by atoms with E-state index in [9.17, 15) is 0 Å². The molecule has 0 unspecified atom stereocenters. The molecular weight excluding hydrogens is 250 g/mol. The molecule has 0 fully saturated rings. The van der Waals surface area contributed by atoms with Crippen molar-refractivity contribution in [3.8, 4) is 11.3 Å². The lowest BCUT2D eigenvalue weighted by molar-refractivity contribution is 1.44. The fraction of sp³-hybridized carbons (Fsp3) is 0. The molecule has 0 N–H and O–H groups in total. The quantitative estimate of drug-likeness (QED) is 0.463. The zero-order chi connectivity index (χ0) is 12.7. The fourth-order valence-electron chi connectivity index (χ4n) is 2.47. The maximum Gasteiger partial charge on any atom is 0.0887 e. The van der Waals surface area contributed by atoms with Gasteiger partial charge < -0.3 is 0 Å². The lowest BCUT2D eigenvalue weighted by Gasteiger charge is -2.06. The Kier molecular flexibility index (Phi) is 2.35. The number of fused-ring (bicyclic) bond motifs is 3. The van der Waals surface area contributed by atoms with Crippen LogP contribution in [0.5, 0.6) is 0 Å². The SMILES string of the molecule is c1ccc(-c2nc3ccccc3c3ccsc23)cc1. The van der Waals surface area contributed by atoms with E-state index in [1.165, 1.54) is 21.0 Å². The van der Waals surface area contributed by atoms with Crippen LogP contribution in [0.15, 0.2) is 66.0 Å². The van der Waals surface area contributed by atoms with Crippen LogP contribution in [0.25, 0.3) is 32.2 Å². The Hall–Kier alpha value is -2.19. The van der Waals surface area contributed by atoms with Crippen LogP contribution >= 0.6 is 11.3 Å². The number of hydrogen-bond acceptors (Lipinski definition) is 2. The van der Waals surface area contributed by atoms with Crippen molar-refractivity contribution in [1.82, 2.24) is 4.98 Å². The van der Waals surface area contributed by atoms with E-state index in [1.54, 1.807) is 11.3 Å². The Bertz CT molecular complexity index is 862. The first-order valence-corrected chi connectivity index (χ1v) is 7.13. The number of rotatable bonds is 1. The molecule has 0 radical (unpaired) electrons. The molecule has 1 nitrogen and oxygen atoms in total. The normalized spacial score (nSPS) is 11.2. The lowest BCUT2D eigenvalue weighted by atomic mass is 10.1. The zero-order valence-corrected chi connectivity index (χ0v) is 11.0. The molecule has 4 rings (SSSR count). The summed E-state index contributed by atoms with van der Waals surface area (Å²) in [5.41, 5.74) is 3.33. The minimum atomic E-state index is 1.06. The van der Waals surface area contributed by atoms with Crippen LogP contribution in [0, 0.1) is 0 Å². The highest BCUT2D eigenvalue weighted by atomic mass is 32.1. The molecule has 90 valence electrons. The molecule has 0 aliphatic heterocycles. The summed E-state index contributed by atoms with van der Waals surface area (Å²) >= 11 is 1.76.